The highest BCUT2D eigenvalue weighted by Crippen LogP contribution is 2.48. The largest absolute Gasteiger partial charge is 0.471 e. The Morgan fingerprint density at radius 3 is 2.78 bits per heavy atom. The van der Waals surface area contributed by atoms with E-state index in [2.05, 4.69) is 44.4 Å². The van der Waals surface area contributed by atoms with E-state index in [1.54, 1.807) is 11.3 Å². The van der Waals surface area contributed by atoms with Crippen LogP contribution in [0.2, 0.25) is 0 Å². The number of carbonyl (C=O) groups is 1. The number of ether oxygens (including phenoxy) is 1. The topological polar surface area (TPSA) is 96.4 Å². The predicted molar refractivity (Wildman–Crippen MR) is 143 cm³/mol. The molecule has 3 atom stereocenters. The van der Waals surface area contributed by atoms with Crippen molar-refractivity contribution in [2.45, 2.75) is 110 Å². The van der Waals surface area contributed by atoms with E-state index in [-0.39, 0.29) is 23.0 Å². The van der Waals surface area contributed by atoms with E-state index in [0.717, 1.165) is 60.7 Å². The van der Waals surface area contributed by atoms with E-state index in [0.29, 0.717) is 13.0 Å². The molecule has 2 aromatic rings. The number of thiazole rings is 1. The molecule has 1 spiro atoms. The molecule has 1 fully saturated rings. The number of rotatable bonds is 10. The van der Waals surface area contributed by atoms with Crippen molar-refractivity contribution < 1.29 is 14.6 Å². The summed E-state index contributed by atoms with van der Waals surface area (Å²) in [5.74, 6) is 0.568. The second-order valence-electron chi connectivity index (χ2n) is 11.8. The normalized spacial score (nSPS) is 20.2. The van der Waals surface area contributed by atoms with Crippen LogP contribution in [0.1, 0.15) is 94.6 Å². The average Bonchev–Trinajstić information content (AvgIpc) is 3.21. The van der Waals surface area contributed by atoms with Crippen LogP contribution in [-0.4, -0.2) is 45.3 Å². The van der Waals surface area contributed by atoms with Gasteiger partial charge < -0.3 is 20.5 Å². The van der Waals surface area contributed by atoms with Crippen molar-refractivity contribution in [3.8, 4) is 5.88 Å². The van der Waals surface area contributed by atoms with Crippen LogP contribution in [-0.2, 0) is 24.1 Å². The molecule has 4 rings (SSSR count). The Labute approximate surface area is 219 Å². The van der Waals surface area contributed by atoms with Gasteiger partial charge in [-0.2, -0.15) is 0 Å². The third-order valence-electron chi connectivity index (χ3n) is 7.12. The number of aromatic nitrogens is 2. The molecule has 0 bridgehead atoms. The number of aryl methyl sites for hydroxylation is 1. The Kier molecular flexibility index (Phi) is 8.37. The summed E-state index contributed by atoms with van der Waals surface area (Å²) in [6.45, 7) is 10.7. The number of amides is 1. The smallest absolute Gasteiger partial charge is 0.218 e. The molecule has 1 amide bonds. The average molecular weight is 515 g/mol. The van der Waals surface area contributed by atoms with Crippen LogP contribution in [0.15, 0.2) is 17.6 Å². The fraction of sp³-hybridized carbons (Fsp3) is 0.679. The second-order valence-corrected chi connectivity index (χ2v) is 12.8. The Morgan fingerprint density at radius 1 is 1.36 bits per heavy atom. The summed E-state index contributed by atoms with van der Waals surface area (Å²) < 4.78 is 6.40. The monoisotopic (exact) mass is 514 g/mol. The standard InChI is InChI=1S/C28H42N4O3S/c1-6-8-25-32-20(17-36-25)12-22(31-18(2)33)24(34)16-29-23-14-28(9-7-10-28)35-26-21(23)11-19(15-30-26)13-27(3,4)5/h11,15,17,22-24,29,34H,6-10,12-14,16H2,1-5H3,(H,31,33)/t22-,23-,24+/m0/s1. The first-order valence-corrected chi connectivity index (χ1v) is 14.2. The SMILES string of the molecule is CCCc1nc(C[C@H](NC(C)=O)[C@H](O)CN[C@H]2CC3(CCC3)Oc3ncc(CC(C)(C)C)cc32)cs1. The number of nitrogens with zero attached hydrogens (tertiary/aromatic N) is 2. The first-order chi connectivity index (χ1) is 17.1. The molecule has 2 aliphatic rings. The highest BCUT2D eigenvalue weighted by Gasteiger charge is 2.46. The first-order valence-electron chi connectivity index (χ1n) is 13.4. The second kappa shape index (κ2) is 11.2. The van der Waals surface area contributed by atoms with Crippen molar-refractivity contribution >= 4 is 17.2 Å². The summed E-state index contributed by atoms with van der Waals surface area (Å²) in [5, 5.41) is 20.9. The number of pyridine rings is 1. The van der Waals surface area contributed by atoms with Gasteiger partial charge in [-0.05, 0) is 55.6 Å². The zero-order valence-electron chi connectivity index (χ0n) is 22.4. The van der Waals surface area contributed by atoms with Gasteiger partial charge >= 0.3 is 0 Å². The molecular formula is C28H42N4O3S. The number of aliphatic hydroxyl groups excluding tert-OH is 1. The number of fused-ring (bicyclic) bond motifs is 1. The van der Waals surface area contributed by atoms with Crippen molar-refractivity contribution in [1.29, 1.82) is 0 Å². The number of carbonyl (C=O) groups excluding carboxylic acids is 1. The minimum absolute atomic E-state index is 0.0459. The third kappa shape index (κ3) is 6.84. The summed E-state index contributed by atoms with van der Waals surface area (Å²) >= 11 is 1.65. The molecule has 8 heteroatoms. The Hall–Kier alpha value is -2.03. The summed E-state index contributed by atoms with van der Waals surface area (Å²) in [4.78, 5) is 21.3. The van der Waals surface area contributed by atoms with E-state index < -0.39 is 12.1 Å². The van der Waals surface area contributed by atoms with Crippen molar-refractivity contribution in [3.05, 3.63) is 39.5 Å². The Balaban J connectivity index is 1.48. The Morgan fingerprint density at radius 2 is 2.14 bits per heavy atom. The maximum Gasteiger partial charge on any atom is 0.218 e. The van der Waals surface area contributed by atoms with E-state index in [1.807, 2.05) is 11.6 Å². The number of aliphatic hydroxyl groups is 1. The molecule has 3 N–H and O–H groups in total. The van der Waals surface area contributed by atoms with Crippen molar-refractivity contribution in [2.75, 3.05) is 6.54 Å². The zero-order valence-corrected chi connectivity index (χ0v) is 23.2. The van der Waals surface area contributed by atoms with E-state index in [4.69, 9.17) is 14.7 Å². The van der Waals surface area contributed by atoms with Crippen molar-refractivity contribution in [2.24, 2.45) is 5.41 Å². The van der Waals surface area contributed by atoms with Crippen LogP contribution in [0.4, 0.5) is 0 Å². The van der Waals surface area contributed by atoms with Crippen LogP contribution in [0.5, 0.6) is 5.88 Å². The lowest BCUT2D eigenvalue weighted by Crippen LogP contribution is -2.52. The van der Waals surface area contributed by atoms with E-state index in [9.17, 15) is 9.90 Å². The molecule has 7 nitrogen and oxygen atoms in total. The number of hydrogen-bond donors (Lipinski definition) is 3. The lowest BCUT2D eigenvalue weighted by atomic mass is 9.73. The molecule has 2 aromatic heterocycles. The van der Waals surface area contributed by atoms with Gasteiger partial charge in [0.2, 0.25) is 11.8 Å². The molecule has 1 aliphatic heterocycles. The van der Waals surface area contributed by atoms with Gasteiger partial charge in [-0.1, -0.05) is 27.7 Å². The van der Waals surface area contributed by atoms with Crippen molar-refractivity contribution in [1.82, 2.24) is 20.6 Å². The summed E-state index contributed by atoms with van der Waals surface area (Å²) in [6.07, 6.45) is 8.76. The van der Waals surface area contributed by atoms with Gasteiger partial charge in [-0.25, -0.2) is 9.97 Å². The van der Waals surface area contributed by atoms with Gasteiger partial charge in [-0.15, -0.1) is 11.3 Å². The third-order valence-corrected chi connectivity index (χ3v) is 8.08. The van der Waals surface area contributed by atoms with Gasteiger partial charge in [0.1, 0.15) is 5.60 Å². The van der Waals surface area contributed by atoms with Crippen LogP contribution in [0.3, 0.4) is 0 Å². The number of hydrogen-bond acceptors (Lipinski definition) is 7. The van der Waals surface area contributed by atoms with E-state index in [1.165, 1.54) is 18.9 Å². The molecule has 0 saturated heterocycles. The van der Waals surface area contributed by atoms with Crippen molar-refractivity contribution in [3.63, 3.8) is 0 Å². The molecule has 198 valence electrons. The lowest BCUT2D eigenvalue weighted by Gasteiger charge is -2.47. The maximum absolute atomic E-state index is 11.9. The molecule has 0 radical (unpaired) electrons. The summed E-state index contributed by atoms with van der Waals surface area (Å²) in [7, 11) is 0. The molecule has 0 aromatic carbocycles. The highest BCUT2D eigenvalue weighted by atomic mass is 32.1. The molecule has 1 saturated carbocycles. The number of nitrogens with one attached hydrogen (secondary N) is 2. The molecule has 1 aliphatic carbocycles. The molecular weight excluding hydrogens is 472 g/mol. The van der Waals surface area contributed by atoms with Gasteiger partial charge in [0.15, 0.2) is 0 Å². The highest BCUT2D eigenvalue weighted by molar-refractivity contribution is 7.09. The van der Waals surface area contributed by atoms with Gasteiger partial charge in [0.25, 0.3) is 0 Å². The first kappa shape index (κ1) is 27.0. The molecule has 36 heavy (non-hydrogen) atoms. The predicted octanol–water partition coefficient (Wildman–Crippen LogP) is 4.52. The van der Waals surface area contributed by atoms with Crippen LogP contribution in [0.25, 0.3) is 0 Å². The van der Waals surface area contributed by atoms with Crippen LogP contribution >= 0.6 is 11.3 Å². The fourth-order valence-corrected chi connectivity index (χ4v) is 6.21. The molecule has 0 unspecified atom stereocenters. The van der Waals surface area contributed by atoms with Gasteiger partial charge in [0.05, 0.1) is 22.8 Å². The fourth-order valence-electron chi connectivity index (χ4n) is 5.29. The zero-order chi connectivity index (χ0) is 25.9. The molecule has 3 heterocycles. The van der Waals surface area contributed by atoms with E-state index >= 15 is 0 Å². The van der Waals surface area contributed by atoms with Gasteiger partial charge in [-0.3, -0.25) is 4.79 Å². The Bertz CT molecular complexity index is 1040. The maximum atomic E-state index is 11.9. The minimum Gasteiger partial charge on any atom is -0.471 e. The van der Waals surface area contributed by atoms with Crippen LogP contribution < -0.4 is 15.4 Å². The quantitative estimate of drug-likeness (QED) is 0.431. The summed E-state index contributed by atoms with van der Waals surface area (Å²) in [5.41, 5.74) is 3.20. The van der Waals surface area contributed by atoms with Crippen LogP contribution in [0, 0.1) is 5.41 Å². The lowest BCUT2D eigenvalue weighted by molar-refractivity contribution is -0.120. The minimum atomic E-state index is -0.750. The summed E-state index contributed by atoms with van der Waals surface area (Å²) in [6, 6.07) is 1.86. The van der Waals surface area contributed by atoms with Gasteiger partial charge in [0, 0.05) is 49.5 Å².